The lowest BCUT2D eigenvalue weighted by atomic mass is 10.3. The van der Waals surface area contributed by atoms with Crippen molar-refractivity contribution in [3.8, 4) is 0 Å². The Morgan fingerprint density at radius 1 is 1.73 bits per heavy atom. The molecule has 0 radical (unpaired) electrons. The zero-order valence-corrected chi connectivity index (χ0v) is 7.06. The van der Waals surface area contributed by atoms with E-state index in [2.05, 4.69) is 0 Å². The van der Waals surface area contributed by atoms with Gasteiger partial charge in [-0.15, -0.1) is 0 Å². The topological polar surface area (TPSA) is 39.1 Å². The van der Waals surface area contributed by atoms with Gasteiger partial charge in [-0.2, -0.15) is 0 Å². The molecule has 60 valence electrons. The molecular weight excluding hydrogens is 162 g/mol. The maximum atomic E-state index is 10.9. The van der Waals surface area contributed by atoms with Crippen molar-refractivity contribution in [2.45, 2.75) is 19.9 Å². The van der Waals surface area contributed by atoms with E-state index in [1.165, 1.54) is 24.5 Å². The minimum absolute atomic E-state index is 0.0174. The van der Waals surface area contributed by atoms with E-state index in [0.717, 1.165) is 0 Å². The highest BCUT2D eigenvalue weighted by Gasteiger charge is 1.97. The first-order chi connectivity index (χ1) is 5.20. The molecule has 3 nitrogen and oxygen atoms in total. The number of nitrogens with zero attached hydrogens (tertiary/aromatic N) is 1. The Kier molecular flexibility index (Phi) is 2.59. The molecule has 0 unspecified atom stereocenters. The minimum Gasteiger partial charge on any atom is -0.300 e. The van der Waals surface area contributed by atoms with E-state index < -0.39 is 0 Å². The molecule has 0 amide bonds. The van der Waals surface area contributed by atoms with Crippen LogP contribution in [0.1, 0.15) is 13.3 Å². The van der Waals surface area contributed by atoms with Crippen molar-refractivity contribution < 1.29 is 4.79 Å². The third kappa shape index (κ3) is 2.31. The van der Waals surface area contributed by atoms with Crippen LogP contribution in [0.2, 0.25) is 0 Å². The number of carbonyl (C=O) groups excluding carboxylic acids is 1. The Morgan fingerprint density at radius 3 is 2.91 bits per heavy atom. The highest BCUT2D eigenvalue weighted by molar-refractivity contribution is 7.04. The molecule has 0 saturated heterocycles. The van der Waals surface area contributed by atoms with Crippen LogP contribution in [0.15, 0.2) is 16.2 Å². The lowest BCUT2D eigenvalue weighted by Gasteiger charge is -1.95. The molecule has 1 aromatic rings. The van der Waals surface area contributed by atoms with Gasteiger partial charge in [0.25, 0.3) is 5.56 Å². The summed E-state index contributed by atoms with van der Waals surface area (Å²) in [5.74, 6) is 0.116. The van der Waals surface area contributed by atoms with E-state index >= 15 is 0 Å². The van der Waals surface area contributed by atoms with Crippen molar-refractivity contribution in [1.82, 2.24) is 3.96 Å². The largest absolute Gasteiger partial charge is 0.300 e. The summed E-state index contributed by atoms with van der Waals surface area (Å²) in [6.45, 7) is 2.05. The van der Waals surface area contributed by atoms with E-state index in [4.69, 9.17) is 0 Å². The maximum absolute atomic E-state index is 10.9. The zero-order chi connectivity index (χ0) is 8.27. The number of Topliss-reactive ketones (excluding diaryl/α,β-unsaturated/α-hetero) is 1. The van der Waals surface area contributed by atoms with Crippen molar-refractivity contribution in [3.05, 3.63) is 21.8 Å². The predicted octanol–water partition coefficient (Wildman–Crippen LogP) is 0.889. The molecule has 4 heteroatoms. The quantitative estimate of drug-likeness (QED) is 0.677. The average molecular weight is 171 g/mol. The lowest BCUT2D eigenvalue weighted by molar-refractivity contribution is -0.117. The molecule has 0 fully saturated rings. The van der Waals surface area contributed by atoms with Gasteiger partial charge in [0.05, 0.1) is 0 Å². The summed E-state index contributed by atoms with van der Waals surface area (Å²) in [5, 5.41) is 1.72. The van der Waals surface area contributed by atoms with Crippen molar-refractivity contribution in [2.24, 2.45) is 0 Å². The van der Waals surface area contributed by atoms with Crippen LogP contribution in [0.5, 0.6) is 0 Å². The Hall–Kier alpha value is -0.900. The van der Waals surface area contributed by atoms with E-state index in [0.29, 0.717) is 13.0 Å². The summed E-state index contributed by atoms with van der Waals surface area (Å²) in [5.41, 5.74) is -0.0174. The van der Waals surface area contributed by atoms with Crippen molar-refractivity contribution >= 4 is 17.3 Å². The average Bonchev–Trinajstić information content (AvgIpc) is 2.31. The van der Waals surface area contributed by atoms with Gasteiger partial charge in [-0.1, -0.05) is 11.5 Å². The van der Waals surface area contributed by atoms with Crippen molar-refractivity contribution in [3.63, 3.8) is 0 Å². The fraction of sp³-hybridized carbons (Fsp3) is 0.429. The number of hydrogen-bond donors (Lipinski definition) is 0. The normalized spacial score (nSPS) is 9.91. The van der Waals surface area contributed by atoms with Crippen LogP contribution in [-0.4, -0.2) is 9.74 Å². The smallest absolute Gasteiger partial charge is 0.260 e. The van der Waals surface area contributed by atoms with E-state index in [-0.39, 0.29) is 11.3 Å². The molecule has 0 aliphatic carbocycles. The second-order valence-corrected chi connectivity index (χ2v) is 3.22. The Labute approximate surface area is 68.4 Å². The van der Waals surface area contributed by atoms with Gasteiger partial charge in [0.2, 0.25) is 0 Å². The van der Waals surface area contributed by atoms with Gasteiger partial charge in [0.15, 0.2) is 0 Å². The summed E-state index contributed by atoms with van der Waals surface area (Å²) in [7, 11) is 0. The summed E-state index contributed by atoms with van der Waals surface area (Å²) in [4.78, 5) is 21.4. The van der Waals surface area contributed by atoms with Gasteiger partial charge in [-0.05, 0) is 6.92 Å². The van der Waals surface area contributed by atoms with Crippen LogP contribution in [0, 0.1) is 0 Å². The van der Waals surface area contributed by atoms with Gasteiger partial charge in [0.1, 0.15) is 5.78 Å². The SMILES string of the molecule is CC(=O)CCn1sccc1=O. The third-order valence-electron chi connectivity index (χ3n) is 1.31. The first-order valence-corrected chi connectivity index (χ1v) is 4.18. The standard InChI is InChI=1S/C7H9NO2S/c1-6(9)2-4-8-7(10)3-5-11-8/h3,5H,2,4H2,1H3. The van der Waals surface area contributed by atoms with Crippen molar-refractivity contribution in [2.75, 3.05) is 0 Å². The number of rotatable bonds is 3. The van der Waals surface area contributed by atoms with Crippen LogP contribution in [0.3, 0.4) is 0 Å². The first-order valence-electron chi connectivity index (χ1n) is 3.34. The Balaban J connectivity index is 2.58. The summed E-state index contributed by atoms with van der Waals surface area (Å²) in [6.07, 6.45) is 0.445. The van der Waals surface area contributed by atoms with Gasteiger partial charge in [-0.3, -0.25) is 13.5 Å². The van der Waals surface area contributed by atoms with Crippen LogP contribution < -0.4 is 5.56 Å². The summed E-state index contributed by atoms with van der Waals surface area (Å²) in [6, 6.07) is 1.50. The molecule has 1 heterocycles. The van der Waals surface area contributed by atoms with Gasteiger partial charge in [-0.25, -0.2) is 0 Å². The Morgan fingerprint density at radius 2 is 2.45 bits per heavy atom. The molecule has 0 aliphatic rings. The molecule has 0 N–H and O–H groups in total. The molecule has 1 rings (SSSR count). The molecule has 0 aromatic carbocycles. The van der Waals surface area contributed by atoms with E-state index in [1.54, 1.807) is 9.34 Å². The van der Waals surface area contributed by atoms with E-state index in [9.17, 15) is 9.59 Å². The number of aromatic nitrogens is 1. The third-order valence-corrected chi connectivity index (χ3v) is 2.19. The molecule has 0 atom stereocenters. The zero-order valence-electron chi connectivity index (χ0n) is 6.24. The maximum Gasteiger partial charge on any atom is 0.260 e. The molecule has 0 bridgehead atoms. The van der Waals surface area contributed by atoms with Crippen LogP contribution >= 0.6 is 11.5 Å². The monoisotopic (exact) mass is 171 g/mol. The summed E-state index contributed by atoms with van der Waals surface area (Å²) >= 11 is 1.34. The molecule has 1 aromatic heterocycles. The number of hydrogen-bond acceptors (Lipinski definition) is 3. The molecule has 0 saturated carbocycles. The minimum atomic E-state index is -0.0174. The first kappa shape index (κ1) is 8.20. The molecular formula is C7H9NO2S. The predicted molar refractivity (Wildman–Crippen MR) is 43.9 cm³/mol. The number of carbonyl (C=O) groups is 1. The Bertz CT molecular complexity index is 299. The van der Waals surface area contributed by atoms with Crippen LogP contribution in [0.25, 0.3) is 0 Å². The lowest BCUT2D eigenvalue weighted by Crippen LogP contribution is -2.13. The molecule has 11 heavy (non-hydrogen) atoms. The van der Waals surface area contributed by atoms with Crippen LogP contribution in [0.4, 0.5) is 0 Å². The van der Waals surface area contributed by atoms with Crippen molar-refractivity contribution in [1.29, 1.82) is 0 Å². The molecule has 0 aliphatic heterocycles. The van der Waals surface area contributed by atoms with Gasteiger partial charge in [0, 0.05) is 24.4 Å². The number of aryl methyl sites for hydroxylation is 1. The van der Waals surface area contributed by atoms with E-state index in [1.807, 2.05) is 0 Å². The fourth-order valence-electron chi connectivity index (χ4n) is 0.719. The van der Waals surface area contributed by atoms with Gasteiger partial charge >= 0.3 is 0 Å². The van der Waals surface area contributed by atoms with Gasteiger partial charge < -0.3 is 0 Å². The van der Waals surface area contributed by atoms with Crippen LogP contribution in [-0.2, 0) is 11.3 Å². The second kappa shape index (κ2) is 3.48. The fourth-order valence-corrected chi connectivity index (χ4v) is 1.40. The summed E-state index contributed by atoms with van der Waals surface area (Å²) < 4.78 is 1.57. The number of ketones is 1. The highest BCUT2D eigenvalue weighted by Crippen LogP contribution is 1.95. The highest BCUT2D eigenvalue weighted by atomic mass is 32.1. The molecule has 0 spiro atoms. The second-order valence-electron chi connectivity index (χ2n) is 2.30.